The summed E-state index contributed by atoms with van der Waals surface area (Å²) in [7, 11) is 0. The van der Waals surface area contributed by atoms with Crippen molar-refractivity contribution in [2.75, 3.05) is 0 Å². The monoisotopic (exact) mass is 176 g/mol. The molecule has 0 aliphatic heterocycles. The zero-order valence-corrected chi connectivity index (χ0v) is 8.63. The summed E-state index contributed by atoms with van der Waals surface area (Å²) in [5.74, 6) is 0. The molecule has 0 heterocycles. The van der Waals surface area contributed by atoms with Crippen LogP contribution < -0.4 is 0 Å². The van der Waals surface area contributed by atoms with Crippen molar-refractivity contribution in [2.24, 2.45) is 0 Å². The molecule has 0 aromatic heterocycles. The number of allylic oxidation sites excluding steroid dienone is 6. The molecule has 0 aliphatic carbocycles. The highest BCUT2D eigenvalue weighted by Gasteiger charge is 1.88. The Labute approximate surface area is 82.4 Å². The van der Waals surface area contributed by atoms with Crippen molar-refractivity contribution in [1.82, 2.24) is 0 Å². The van der Waals surface area contributed by atoms with Crippen molar-refractivity contribution in [2.45, 2.75) is 32.6 Å². The molecule has 13 heavy (non-hydrogen) atoms. The van der Waals surface area contributed by atoms with Crippen LogP contribution in [0.3, 0.4) is 0 Å². The van der Waals surface area contributed by atoms with Crippen LogP contribution in [-0.2, 0) is 0 Å². The SMILES string of the molecule is C=CCC(=CC=CCCC)CC=C. The van der Waals surface area contributed by atoms with Crippen LogP contribution in [0.15, 0.2) is 49.1 Å². The van der Waals surface area contributed by atoms with Gasteiger partial charge in [-0.2, -0.15) is 0 Å². The number of hydrogen-bond donors (Lipinski definition) is 0. The van der Waals surface area contributed by atoms with Crippen molar-refractivity contribution >= 4 is 0 Å². The molecule has 0 heteroatoms. The fourth-order valence-corrected chi connectivity index (χ4v) is 1.06. The highest BCUT2D eigenvalue weighted by Crippen LogP contribution is 2.08. The Hall–Kier alpha value is -1.04. The second kappa shape index (κ2) is 9.05. The first-order valence-electron chi connectivity index (χ1n) is 4.91. The van der Waals surface area contributed by atoms with Crippen LogP contribution in [-0.4, -0.2) is 0 Å². The maximum atomic E-state index is 3.73. The molecule has 0 N–H and O–H groups in total. The topological polar surface area (TPSA) is 0 Å². The summed E-state index contributed by atoms with van der Waals surface area (Å²) in [6.45, 7) is 9.64. The standard InChI is InChI=1S/C13H20/c1-4-7-8-9-12-13(10-5-2)11-6-3/h5-6,8-9,12H,2-4,7,10-11H2,1H3. The van der Waals surface area contributed by atoms with Gasteiger partial charge in [0.05, 0.1) is 0 Å². The highest BCUT2D eigenvalue weighted by atomic mass is 13.9. The first-order chi connectivity index (χ1) is 6.35. The molecule has 0 aromatic rings. The minimum absolute atomic E-state index is 0.961. The third kappa shape index (κ3) is 7.32. The summed E-state index contributed by atoms with van der Waals surface area (Å²) in [6.07, 6.45) is 14.7. The van der Waals surface area contributed by atoms with Gasteiger partial charge in [0.15, 0.2) is 0 Å². The largest absolute Gasteiger partial charge is 0.103 e. The highest BCUT2D eigenvalue weighted by molar-refractivity contribution is 5.17. The lowest BCUT2D eigenvalue weighted by molar-refractivity contribution is 0.958. The summed E-state index contributed by atoms with van der Waals surface area (Å²) in [5.41, 5.74) is 1.37. The quantitative estimate of drug-likeness (QED) is 0.398. The summed E-state index contributed by atoms with van der Waals surface area (Å²) >= 11 is 0. The molecule has 0 unspecified atom stereocenters. The maximum absolute atomic E-state index is 3.73. The molecule has 0 nitrogen and oxygen atoms in total. The van der Waals surface area contributed by atoms with Crippen LogP contribution in [0.1, 0.15) is 32.6 Å². The predicted octanol–water partition coefficient (Wildman–Crippen LogP) is 4.42. The zero-order chi connectivity index (χ0) is 9.94. The number of rotatable bonds is 7. The van der Waals surface area contributed by atoms with Gasteiger partial charge in [0, 0.05) is 0 Å². The van der Waals surface area contributed by atoms with E-state index in [2.05, 4.69) is 38.3 Å². The van der Waals surface area contributed by atoms with Gasteiger partial charge in [0.1, 0.15) is 0 Å². The van der Waals surface area contributed by atoms with Crippen LogP contribution in [0.4, 0.5) is 0 Å². The van der Waals surface area contributed by atoms with Crippen LogP contribution in [0, 0.1) is 0 Å². The smallest absolute Gasteiger partial charge is 0.0135 e. The summed E-state index contributed by atoms with van der Waals surface area (Å²) in [6, 6.07) is 0. The fourth-order valence-electron chi connectivity index (χ4n) is 1.06. The predicted molar refractivity (Wildman–Crippen MR) is 61.8 cm³/mol. The summed E-state index contributed by atoms with van der Waals surface area (Å²) in [4.78, 5) is 0. The van der Waals surface area contributed by atoms with Crippen LogP contribution in [0.5, 0.6) is 0 Å². The van der Waals surface area contributed by atoms with Gasteiger partial charge in [0.25, 0.3) is 0 Å². The molecular formula is C13H20. The van der Waals surface area contributed by atoms with Crippen molar-refractivity contribution in [3.05, 3.63) is 49.1 Å². The van der Waals surface area contributed by atoms with Gasteiger partial charge < -0.3 is 0 Å². The first-order valence-corrected chi connectivity index (χ1v) is 4.91. The first kappa shape index (κ1) is 12.0. The van der Waals surface area contributed by atoms with E-state index in [9.17, 15) is 0 Å². The number of unbranched alkanes of at least 4 members (excludes halogenated alkanes) is 1. The average Bonchev–Trinajstić information content (AvgIpc) is 2.13. The Bertz CT molecular complexity index is 182. The van der Waals surface area contributed by atoms with Gasteiger partial charge in [-0.05, 0) is 19.3 Å². The molecule has 72 valence electrons. The van der Waals surface area contributed by atoms with E-state index in [0.29, 0.717) is 0 Å². The minimum Gasteiger partial charge on any atom is -0.103 e. The third-order valence-corrected chi connectivity index (χ3v) is 1.74. The zero-order valence-electron chi connectivity index (χ0n) is 8.63. The molecule has 0 aliphatic rings. The lowest BCUT2D eigenvalue weighted by Gasteiger charge is -1.97. The molecular weight excluding hydrogens is 156 g/mol. The van der Waals surface area contributed by atoms with E-state index < -0.39 is 0 Å². The normalized spacial score (nSPS) is 9.92. The summed E-state index contributed by atoms with van der Waals surface area (Å²) < 4.78 is 0. The molecule has 0 saturated heterocycles. The Morgan fingerprint density at radius 2 is 1.77 bits per heavy atom. The van der Waals surface area contributed by atoms with Crippen molar-refractivity contribution in [3.8, 4) is 0 Å². The van der Waals surface area contributed by atoms with Crippen molar-refractivity contribution in [3.63, 3.8) is 0 Å². The van der Waals surface area contributed by atoms with Gasteiger partial charge in [-0.1, -0.05) is 49.3 Å². The fraction of sp³-hybridized carbons (Fsp3) is 0.385. The van der Waals surface area contributed by atoms with Crippen LogP contribution in [0.25, 0.3) is 0 Å². The minimum atomic E-state index is 0.961. The molecule has 0 radical (unpaired) electrons. The lowest BCUT2D eigenvalue weighted by atomic mass is 10.1. The van der Waals surface area contributed by atoms with Crippen LogP contribution in [0.2, 0.25) is 0 Å². The van der Waals surface area contributed by atoms with Crippen molar-refractivity contribution < 1.29 is 0 Å². The maximum Gasteiger partial charge on any atom is -0.0135 e. The molecule has 0 bridgehead atoms. The second-order valence-corrected chi connectivity index (χ2v) is 3.03. The average molecular weight is 176 g/mol. The van der Waals surface area contributed by atoms with E-state index in [4.69, 9.17) is 0 Å². The van der Waals surface area contributed by atoms with E-state index in [1.54, 1.807) is 0 Å². The summed E-state index contributed by atoms with van der Waals surface area (Å²) in [5, 5.41) is 0. The van der Waals surface area contributed by atoms with E-state index >= 15 is 0 Å². The van der Waals surface area contributed by atoms with Crippen LogP contribution >= 0.6 is 0 Å². The Kier molecular flexibility index (Phi) is 8.33. The molecule has 0 atom stereocenters. The lowest BCUT2D eigenvalue weighted by Crippen LogP contribution is -1.77. The van der Waals surface area contributed by atoms with E-state index in [0.717, 1.165) is 19.3 Å². The molecule has 0 spiro atoms. The number of hydrogen-bond acceptors (Lipinski definition) is 0. The Balaban J connectivity index is 4.00. The molecule has 0 rings (SSSR count). The van der Waals surface area contributed by atoms with Gasteiger partial charge in [0.2, 0.25) is 0 Å². The van der Waals surface area contributed by atoms with E-state index in [1.165, 1.54) is 12.0 Å². The van der Waals surface area contributed by atoms with E-state index in [1.807, 2.05) is 12.2 Å². The van der Waals surface area contributed by atoms with Crippen molar-refractivity contribution in [1.29, 1.82) is 0 Å². The molecule has 0 aromatic carbocycles. The Morgan fingerprint density at radius 1 is 1.15 bits per heavy atom. The van der Waals surface area contributed by atoms with Gasteiger partial charge in [-0.3, -0.25) is 0 Å². The molecule has 0 fully saturated rings. The van der Waals surface area contributed by atoms with Gasteiger partial charge in [-0.15, -0.1) is 13.2 Å². The Morgan fingerprint density at radius 3 is 2.23 bits per heavy atom. The van der Waals surface area contributed by atoms with Gasteiger partial charge in [-0.25, -0.2) is 0 Å². The second-order valence-electron chi connectivity index (χ2n) is 3.03. The van der Waals surface area contributed by atoms with Gasteiger partial charge >= 0.3 is 0 Å². The third-order valence-electron chi connectivity index (χ3n) is 1.74. The molecule has 0 amide bonds. The van der Waals surface area contributed by atoms with E-state index in [-0.39, 0.29) is 0 Å². The molecule has 0 saturated carbocycles.